The summed E-state index contributed by atoms with van der Waals surface area (Å²) in [4.78, 5) is 14.2. The molecule has 4 nitrogen and oxygen atoms in total. The second-order valence-electron chi connectivity index (χ2n) is 7.54. The number of ether oxygens (including phenoxy) is 1. The van der Waals surface area contributed by atoms with Crippen LogP contribution in [-0.4, -0.2) is 32.2 Å². The van der Waals surface area contributed by atoms with Crippen LogP contribution < -0.4 is 10.2 Å². The lowest BCUT2D eigenvalue weighted by Gasteiger charge is -2.30. The van der Waals surface area contributed by atoms with Crippen LogP contribution in [0.15, 0.2) is 16.6 Å². The molecule has 0 spiro atoms. The molecule has 2 aliphatic rings. The van der Waals surface area contributed by atoms with Gasteiger partial charge in [0, 0.05) is 29.7 Å². The number of carbonyl (C=O) groups excluding carboxylic acids is 1. The Hall–Kier alpha value is -1.28. The van der Waals surface area contributed by atoms with Crippen molar-refractivity contribution in [3.8, 4) is 0 Å². The molecule has 3 rings (SSSR count). The van der Waals surface area contributed by atoms with Gasteiger partial charge in [-0.3, -0.25) is 4.79 Å². The van der Waals surface area contributed by atoms with Gasteiger partial charge in [0.1, 0.15) is 0 Å². The zero-order valence-corrected chi connectivity index (χ0v) is 17.4. The molecule has 1 aliphatic carbocycles. The molecule has 156 valence electrons. The molecule has 1 aliphatic heterocycles. The standard InChI is InChI=1S/C20H26BrF3N2O2/c21-17-13-15(26-8-10-28-11-9-26)12-16(20(22,23)24)19(17)25-18(27)7-6-14-4-2-1-3-5-14/h12-14H,1-11H2,(H,25,27). The molecule has 1 heterocycles. The maximum absolute atomic E-state index is 13.7. The highest BCUT2D eigenvalue weighted by Crippen LogP contribution is 2.42. The summed E-state index contributed by atoms with van der Waals surface area (Å²) in [5.74, 6) is 0.143. The molecule has 1 aromatic carbocycles. The number of alkyl halides is 3. The first-order valence-electron chi connectivity index (χ1n) is 9.88. The van der Waals surface area contributed by atoms with Crippen LogP contribution in [0.5, 0.6) is 0 Å². The number of carbonyl (C=O) groups is 1. The van der Waals surface area contributed by atoms with Crippen molar-refractivity contribution in [1.82, 2.24) is 0 Å². The van der Waals surface area contributed by atoms with Crippen molar-refractivity contribution in [3.05, 3.63) is 22.2 Å². The molecule has 1 saturated carbocycles. The molecule has 1 saturated heterocycles. The highest BCUT2D eigenvalue weighted by atomic mass is 79.9. The Kier molecular flexibility index (Phi) is 7.25. The van der Waals surface area contributed by atoms with Gasteiger partial charge in [0.15, 0.2) is 0 Å². The van der Waals surface area contributed by atoms with E-state index in [0.29, 0.717) is 37.9 Å². The molecule has 0 unspecified atom stereocenters. The topological polar surface area (TPSA) is 41.6 Å². The summed E-state index contributed by atoms with van der Waals surface area (Å²) in [6.45, 7) is 2.05. The number of hydrogen-bond acceptors (Lipinski definition) is 3. The van der Waals surface area contributed by atoms with Crippen LogP contribution >= 0.6 is 15.9 Å². The number of halogens is 4. The molecule has 2 fully saturated rings. The first-order valence-corrected chi connectivity index (χ1v) is 10.7. The summed E-state index contributed by atoms with van der Waals surface area (Å²) in [6.07, 6.45) is 2.24. The van der Waals surface area contributed by atoms with Crippen LogP contribution in [0.25, 0.3) is 0 Å². The number of rotatable bonds is 5. The van der Waals surface area contributed by atoms with Gasteiger partial charge in [-0.2, -0.15) is 13.2 Å². The number of nitrogens with one attached hydrogen (secondary N) is 1. The third-order valence-electron chi connectivity index (χ3n) is 5.53. The summed E-state index contributed by atoms with van der Waals surface area (Å²) >= 11 is 3.24. The quantitative estimate of drug-likeness (QED) is 0.618. The van der Waals surface area contributed by atoms with E-state index in [1.165, 1.54) is 19.3 Å². The lowest BCUT2D eigenvalue weighted by Crippen LogP contribution is -2.36. The molecule has 0 bridgehead atoms. The molecular formula is C20H26BrF3N2O2. The number of benzene rings is 1. The van der Waals surface area contributed by atoms with Crippen LogP contribution in [0.4, 0.5) is 24.5 Å². The van der Waals surface area contributed by atoms with Crippen LogP contribution in [0.3, 0.4) is 0 Å². The normalized spacial score (nSPS) is 18.9. The number of morpholine rings is 1. The lowest BCUT2D eigenvalue weighted by molar-refractivity contribution is -0.137. The van der Waals surface area contributed by atoms with E-state index in [1.807, 2.05) is 4.90 Å². The van der Waals surface area contributed by atoms with Crippen molar-refractivity contribution >= 4 is 33.2 Å². The predicted molar refractivity (Wildman–Crippen MR) is 107 cm³/mol. The van der Waals surface area contributed by atoms with Crippen molar-refractivity contribution in [2.75, 3.05) is 36.5 Å². The minimum Gasteiger partial charge on any atom is -0.378 e. The Morgan fingerprint density at radius 1 is 1.18 bits per heavy atom. The van der Waals surface area contributed by atoms with E-state index in [4.69, 9.17) is 4.74 Å². The first-order chi connectivity index (χ1) is 13.3. The van der Waals surface area contributed by atoms with Gasteiger partial charge in [-0.05, 0) is 40.4 Å². The molecule has 1 amide bonds. The van der Waals surface area contributed by atoms with Crippen LogP contribution in [0.2, 0.25) is 0 Å². The third-order valence-corrected chi connectivity index (χ3v) is 6.15. The SMILES string of the molecule is O=C(CCC1CCCCC1)Nc1c(Br)cc(N2CCOCC2)cc1C(F)(F)F. The molecule has 0 atom stereocenters. The monoisotopic (exact) mass is 462 g/mol. The minimum absolute atomic E-state index is 0.196. The second-order valence-corrected chi connectivity index (χ2v) is 8.39. The van der Waals surface area contributed by atoms with Gasteiger partial charge < -0.3 is 15.0 Å². The number of hydrogen-bond donors (Lipinski definition) is 1. The smallest absolute Gasteiger partial charge is 0.378 e. The van der Waals surface area contributed by atoms with E-state index in [2.05, 4.69) is 21.2 Å². The molecule has 8 heteroatoms. The fourth-order valence-corrected chi connectivity index (χ4v) is 4.51. The van der Waals surface area contributed by atoms with Crippen LogP contribution in [-0.2, 0) is 15.7 Å². The van der Waals surface area contributed by atoms with Gasteiger partial charge in [0.05, 0.1) is 24.5 Å². The summed E-state index contributed by atoms with van der Waals surface area (Å²) in [5, 5.41) is 2.51. The summed E-state index contributed by atoms with van der Waals surface area (Å²) in [6, 6.07) is 2.75. The average molecular weight is 463 g/mol. The highest BCUT2D eigenvalue weighted by molar-refractivity contribution is 9.10. The van der Waals surface area contributed by atoms with Gasteiger partial charge in [-0.25, -0.2) is 0 Å². The molecule has 0 aromatic heterocycles. The summed E-state index contributed by atoms with van der Waals surface area (Å²) in [5.41, 5.74) is -0.546. The van der Waals surface area contributed by atoms with Gasteiger partial charge in [0.25, 0.3) is 0 Å². The van der Waals surface area contributed by atoms with E-state index in [9.17, 15) is 18.0 Å². The Morgan fingerprint density at radius 2 is 1.86 bits per heavy atom. The maximum atomic E-state index is 13.7. The molecule has 28 heavy (non-hydrogen) atoms. The maximum Gasteiger partial charge on any atom is 0.418 e. The average Bonchev–Trinajstić information content (AvgIpc) is 2.68. The number of nitrogens with zero attached hydrogens (tertiary/aromatic N) is 1. The van der Waals surface area contributed by atoms with Gasteiger partial charge in [-0.1, -0.05) is 32.1 Å². The Balaban J connectivity index is 1.74. The van der Waals surface area contributed by atoms with Crippen molar-refractivity contribution in [2.24, 2.45) is 5.92 Å². The zero-order valence-electron chi connectivity index (χ0n) is 15.8. The molecule has 1 N–H and O–H groups in total. The second kappa shape index (κ2) is 9.48. The van der Waals surface area contributed by atoms with E-state index in [1.54, 1.807) is 6.07 Å². The molecule has 1 aromatic rings. The fourth-order valence-electron chi connectivity index (χ4n) is 3.96. The van der Waals surface area contributed by atoms with Crippen molar-refractivity contribution in [2.45, 2.75) is 51.1 Å². The summed E-state index contributed by atoms with van der Waals surface area (Å²) in [7, 11) is 0. The summed E-state index contributed by atoms with van der Waals surface area (Å²) < 4.78 is 46.6. The van der Waals surface area contributed by atoms with Crippen molar-refractivity contribution in [1.29, 1.82) is 0 Å². The van der Waals surface area contributed by atoms with Crippen molar-refractivity contribution < 1.29 is 22.7 Å². The van der Waals surface area contributed by atoms with Gasteiger partial charge in [0.2, 0.25) is 5.91 Å². The molecule has 0 radical (unpaired) electrons. The van der Waals surface area contributed by atoms with E-state index in [-0.39, 0.29) is 22.5 Å². The largest absolute Gasteiger partial charge is 0.418 e. The van der Waals surface area contributed by atoms with E-state index >= 15 is 0 Å². The van der Waals surface area contributed by atoms with Gasteiger partial charge in [-0.15, -0.1) is 0 Å². The van der Waals surface area contributed by atoms with E-state index in [0.717, 1.165) is 25.3 Å². The third kappa shape index (κ3) is 5.63. The first kappa shape index (κ1) is 21.4. The fraction of sp³-hybridized carbons (Fsp3) is 0.650. The Morgan fingerprint density at radius 3 is 2.50 bits per heavy atom. The zero-order chi connectivity index (χ0) is 20.1. The highest BCUT2D eigenvalue weighted by Gasteiger charge is 2.36. The number of anilines is 2. The van der Waals surface area contributed by atoms with E-state index < -0.39 is 11.7 Å². The van der Waals surface area contributed by atoms with Crippen molar-refractivity contribution in [3.63, 3.8) is 0 Å². The Bertz CT molecular complexity index is 685. The number of amides is 1. The molecular weight excluding hydrogens is 437 g/mol. The lowest BCUT2D eigenvalue weighted by atomic mass is 9.86. The Labute approximate surface area is 171 Å². The minimum atomic E-state index is -4.56. The van der Waals surface area contributed by atoms with Crippen LogP contribution in [0.1, 0.15) is 50.5 Å². The van der Waals surface area contributed by atoms with Gasteiger partial charge >= 0.3 is 6.18 Å². The van der Waals surface area contributed by atoms with Crippen LogP contribution in [0, 0.1) is 5.92 Å². The predicted octanol–water partition coefficient (Wildman–Crippen LogP) is 5.60.